The van der Waals surface area contributed by atoms with Crippen LogP contribution in [0.1, 0.15) is 35.7 Å². The molecule has 0 fully saturated rings. The van der Waals surface area contributed by atoms with Crippen LogP contribution < -0.4 is 4.90 Å². The van der Waals surface area contributed by atoms with Gasteiger partial charge in [0.25, 0.3) is 0 Å². The Morgan fingerprint density at radius 3 is 2.63 bits per heavy atom. The number of halogens is 4. The Bertz CT molecular complexity index is 1110. The summed E-state index contributed by atoms with van der Waals surface area (Å²) in [6.45, 7) is 0.774. The number of nitrogens with zero attached hydrogens (tertiary/aromatic N) is 6. The summed E-state index contributed by atoms with van der Waals surface area (Å²) in [5.74, 6) is 0.705. The second-order valence-electron chi connectivity index (χ2n) is 7.52. The van der Waals surface area contributed by atoms with E-state index in [0.29, 0.717) is 23.2 Å². The average Bonchev–Trinajstić information content (AvgIpc) is 3.17. The second-order valence-corrected chi connectivity index (χ2v) is 7.96. The first-order valence-electron chi connectivity index (χ1n) is 9.80. The first-order valence-corrected chi connectivity index (χ1v) is 10.2. The molecule has 30 heavy (non-hydrogen) atoms. The van der Waals surface area contributed by atoms with Gasteiger partial charge < -0.3 is 9.47 Å². The van der Waals surface area contributed by atoms with Crippen molar-refractivity contribution in [2.45, 2.75) is 44.9 Å². The van der Waals surface area contributed by atoms with Crippen molar-refractivity contribution < 1.29 is 13.2 Å². The third-order valence-corrected chi connectivity index (χ3v) is 5.79. The fourth-order valence-electron chi connectivity index (χ4n) is 4.14. The van der Waals surface area contributed by atoms with Gasteiger partial charge in [0, 0.05) is 34.9 Å². The number of aromatic nitrogens is 5. The summed E-state index contributed by atoms with van der Waals surface area (Å²) in [6, 6.07) is 7.36. The summed E-state index contributed by atoms with van der Waals surface area (Å²) >= 11 is 6.15. The number of anilines is 1. The maximum absolute atomic E-state index is 13.2. The van der Waals surface area contributed by atoms with Gasteiger partial charge in [-0.05, 0) is 37.8 Å². The van der Waals surface area contributed by atoms with E-state index in [1.165, 1.54) is 0 Å². The number of benzene rings is 1. The third kappa shape index (κ3) is 3.40. The van der Waals surface area contributed by atoms with E-state index < -0.39 is 12.0 Å². The van der Waals surface area contributed by atoms with E-state index in [4.69, 9.17) is 21.6 Å². The molecule has 10 heteroatoms. The monoisotopic (exact) mass is 434 g/mol. The van der Waals surface area contributed by atoms with Crippen molar-refractivity contribution in [1.29, 1.82) is 0 Å². The van der Waals surface area contributed by atoms with E-state index >= 15 is 0 Å². The predicted octanol–water partition coefficient (Wildman–Crippen LogP) is 4.31. The topological polar surface area (TPSA) is 59.7 Å². The highest BCUT2D eigenvalue weighted by Crippen LogP contribution is 2.34. The molecule has 0 spiro atoms. The fraction of sp³-hybridized carbons (Fsp3) is 0.400. The van der Waals surface area contributed by atoms with Crippen molar-refractivity contribution in [2.24, 2.45) is 0 Å². The third-order valence-electron chi connectivity index (χ3n) is 5.55. The summed E-state index contributed by atoms with van der Waals surface area (Å²) < 4.78 is 40.6. The first-order chi connectivity index (χ1) is 14.4. The zero-order valence-electron chi connectivity index (χ0n) is 16.0. The van der Waals surface area contributed by atoms with E-state index in [1.54, 1.807) is 6.07 Å². The molecule has 5 rings (SSSR count). The molecule has 3 aromatic rings. The van der Waals surface area contributed by atoms with Crippen LogP contribution in [0.4, 0.5) is 19.0 Å². The molecule has 0 saturated heterocycles. The van der Waals surface area contributed by atoms with Gasteiger partial charge in [0.05, 0.1) is 6.54 Å². The van der Waals surface area contributed by atoms with Gasteiger partial charge in [-0.25, -0.2) is 9.97 Å². The summed E-state index contributed by atoms with van der Waals surface area (Å²) in [4.78, 5) is 11.6. The maximum atomic E-state index is 13.2. The minimum atomic E-state index is -4.51. The Morgan fingerprint density at radius 2 is 1.83 bits per heavy atom. The van der Waals surface area contributed by atoms with Gasteiger partial charge in [-0.1, -0.05) is 23.7 Å². The molecule has 1 aliphatic heterocycles. The number of fused-ring (bicyclic) bond motifs is 2. The normalized spacial score (nSPS) is 16.3. The van der Waals surface area contributed by atoms with Crippen molar-refractivity contribution in [3.63, 3.8) is 0 Å². The second kappa shape index (κ2) is 7.23. The molecule has 0 radical (unpaired) electrons. The molecule has 156 valence electrons. The molecule has 1 aliphatic carbocycles. The molecule has 2 aromatic heterocycles. The highest BCUT2D eigenvalue weighted by molar-refractivity contribution is 6.30. The largest absolute Gasteiger partial charge is 0.451 e. The molecular formula is C20H18ClF3N6. The molecule has 0 saturated carbocycles. The number of hydrogen-bond donors (Lipinski definition) is 0. The summed E-state index contributed by atoms with van der Waals surface area (Å²) in [5, 5.41) is 7.77. The molecule has 2 aliphatic rings. The zero-order chi connectivity index (χ0) is 20.9. The molecule has 6 nitrogen and oxygen atoms in total. The molecular weight excluding hydrogens is 417 g/mol. The quantitative estimate of drug-likeness (QED) is 0.601. The first kappa shape index (κ1) is 19.3. The average molecular weight is 435 g/mol. The fourth-order valence-corrected chi connectivity index (χ4v) is 4.33. The van der Waals surface area contributed by atoms with E-state index in [1.807, 2.05) is 23.1 Å². The van der Waals surface area contributed by atoms with Crippen molar-refractivity contribution >= 4 is 17.4 Å². The standard InChI is InChI=1S/C20H18ClF3N6/c21-13-5-3-4-12(10-13)17-25-15-7-2-1-6-14(15)18(26-17)29-8-9-30-16(11-29)27-28-19(30)20(22,23)24/h3-5,10H,1-2,6-9,11H2. The predicted molar refractivity (Wildman–Crippen MR) is 105 cm³/mol. The van der Waals surface area contributed by atoms with Crippen LogP contribution in [-0.2, 0) is 32.1 Å². The van der Waals surface area contributed by atoms with Crippen LogP contribution in [0.2, 0.25) is 5.02 Å². The minimum Gasteiger partial charge on any atom is -0.347 e. The lowest BCUT2D eigenvalue weighted by Gasteiger charge is -2.32. The smallest absolute Gasteiger partial charge is 0.347 e. The molecule has 0 atom stereocenters. The van der Waals surface area contributed by atoms with Crippen LogP contribution in [0.3, 0.4) is 0 Å². The SMILES string of the molecule is FC(F)(F)c1nnc2n1CCN(c1nc(-c3cccc(Cl)c3)nc3c1CCCC3)C2. The minimum absolute atomic E-state index is 0.155. The van der Waals surface area contributed by atoms with Gasteiger partial charge in [0.1, 0.15) is 5.82 Å². The Balaban J connectivity index is 1.55. The van der Waals surface area contributed by atoms with Crippen molar-refractivity contribution in [3.05, 3.63) is 52.2 Å². The van der Waals surface area contributed by atoms with Crippen LogP contribution in [0.15, 0.2) is 24.3 Å². The molecule has 0 unspecified atom stereocenters. The lowest BCUT2D eigenvalue weighted by Crippen LogP contribution is -2.37. The summed E-state index contributed by atoms with van der Waals surface area (Å²) in [7, 11) is 0. The molecule has 0 bridgehead atoms. The lowest BCUT2D eigenvalue weighted by atomic mass is 9.95. The van der Waals surface area contributed by atoms with Gasteiger partial charge in [0.2, 0.25) is 5.82 Å². The van der Waals surface area contributed by atoms with Crippen LogP contribution in [0, 0.1) is 0 Å². The van der Waals surface area contributed by atoms with Crippen LogP contribution >= 0.6 is 11.6 Å². The Hall–Kier alpha value is -2.68. The Kier molecular flexibility index (Phi) is 4.65. The van der Waals surface area contributed by atoms with Crippen LogP contribution in [0.25, 0.3) is 11.4 Å². The zero-order valence-corrected chi connectivity index (χ0v) is 16.7. The molecule has 0 amide bonds. The van der Waals surface area contributed by atoms with Crippen molar-refractivity contribution in [3.8, 4) is 11.4 Å². The van der Waals surface area contributed by atoms with Gasteiger partial charge in [-0.15, -0.1) is 10.2 Å². The molecule has 1 aromatic carbocycles. The van der Waals surface area contributed by atoms with Gasteiger partial charge in [-0.3, -0.25) is 0 Å². The van der Waals surface area contributed by atoms with Crippen LogP contribution in [0.5, 0.6) is 0 Å². The van der Waals surface area contributed by atoms with Gasteiger partial charge >= 0.3 is 6.18 Å². The molecule has 3 heterocycles. The van der Waals surface area contributed by atoms with E-state index in [0.717, 1.165) is 52.9 Å². The Morgan fingerprint density at radius 1 is 1.00 bits per heavy atom. The maximum Gasteiger partial charge on any atom is 0.451 e. The number of rotatable bonds is 2. The Labute approximate surface area is 175 Å². The van der Waals surface area contributed by atoms with E-state index in [-0.39, 0.29) is 13.1 Å². The van der Waals surface area contributed by atoms with Crippen LogP contribution in [-0.4, -0.2) is 31.3 Å². The lowest BCUT2D eigenvalue weighted by molar-refractivity contribution is -0.147. The summed E-state index contributed by atoms with van der Waals surface area (Å²) in [5.41, 5.74) is 2.90. The highest BCUT2D eigenvalue weighted by atomic mass is 35.5. The van der Waals surface area contributed by atoms with Crippen molar-refractivity contribution in [2.75, 3.05) is 11.4 Å². The van der Waals surface area contributed by atoms with Crippen molar-refractivity contribution in [1.82, 2.24) is 24.7 Å². The van der Waals surface area contributed by atoms with Gasteiger partial charge in [-0.2, -0.15) is 13.2 Å². The van der Waals surface area contributed by atoms with E-state index in [2.05, 4.69) is 10.2 Å². The molecule has 0 N–H and O–H groups in total. The number of aryl methyl sites for hydroxylation is 1. The highest BCUT2D eigenvalue weighted by Gasteiger charge is 2.40. The van der Waals surface area contributed by atoms with E-state index in [9.17, 15) is 13.2 Å². The number of alkyl halides is 3. The number of hydrogen-bond acceptors (Lipinski definition) is 5. The summed E-state index contributed by atoms with van der Waals surface area (Å²) in [6.07, 6.45) is -0.691. The van der Waals surface area contributed by atoms with Gasteiger partial charge in [0.15, 0.2) is 11.6 Å².